The third kappa shape index (κ3) is 3.28. The van der Waals surface area contributed by atoms with E-state index in [4.69, 9.17) is 14.7 Å². The second-order valence-electron chi connectivity index (χ2n) is 9.95. The minimum Gasteiger partial charge on any atom is -0.375 e. The molecule has 9 heteroatoms. The van der Waals surface area contributed by atoms with Crippen molar-refractivity contribution >= 4 is 11.5 Å². The summed E-state index contributed by atoms with van der Waals surface area (Å²) >= 11 is 0. The minimum absolute atomic E-state index is 0.424. The first-order chi connectivity index (χ1) is 16.3. The average molecular weight is 445 g/mol. The van der Waals surface area contributed by atoms with Crippen LogP contribution in [0.4, 0.5) is 11.5 Å². The van der Waals surface area contributed by atoms with Gasteiger partial charge in [0.05, 0.1) is 49.4 Å². The van der Waals surface area contributed by atoms with Crippen LogP contribution in [-0.4, -0.2) is 69.3 Å². The molecule has 1 saturated carbocycles. The van der Waals surface area contributed by atoms with Crippen molar-refractivity contribution in [3.05, 3.63) is 42.6 Å². The normalized spacial score (nSPS) is 25.6. The zero-order valence-corrected chi connectivity index (χ0v) is 18.7. The van der Waals surface area contributed by atoms with E-state index in [1.54, 1.807) is 6.20 Å². The Labute approximate surface area is 192 Å². The average Bonchev–Trinajstić information content (AvgIpc) is 3.21. The maximum Gasteiger partial charge on any atom is 0.152 e. The van der Waals surface area contributed by atoms with E-state index in [0.717, 1.165) is 60.9 Å². The molecular weight excluding hydrogens is 416 g/mol. The zero-order chi connectivity index (χ0) is 21.8. The van der Waals surface area contributed by atoms with Gasteiger partial charge in [0, 0.05) is 26.2 Å². The highest BCUT2D eigenvalue weighted by Gasteiger charge is 2.46. The summed E-state index contributed by atoms with van der Waals surface area (Å²) in [6.45, 7) is 5.48. The summed E-state index contributed by atoms with van der Waals surface area (Å²) in [4.78, 5) is 18.9. The van der Waals surface area contributed by atoms with Crippen LogP contribution in [0.5, 0.6) is 0 Å². The standard InChI is InChI=1S/C24H28N8O/c1-2-6-30(7-3-1)19-4-5-22(26-9-19)24(15-33-16-24)32-14-21(28-29-32)20-10-25-11-23(27-20)31-12-17-8-18(17)13-31/h4-5,9-11,14,17-18H,1-3,6-8,12-13,15-16H2. The molecule has 0 bridgehead atoms. The van der Waals surface area contributed by atoms with Crippen LogP contribution >= 0.6 is 0 Å². The molecule has 7 rings (SSSR count). The highest BCUT2D eigenvalue weighted by molar-refractivity contribution is 5.55. The number of fused-ring (bicyclic) bond motifs is 1. The largest absolute Gasteiger partial charge is 0.375 e. The van der Waals surface area contributed by atoms with Gasteiger partial charge < -0.3 is 14.5 Å². The third-order valence-electron chi connectivity index (χ3n) is 7.75. The summed E-state index contributed by atoms with van der Waals surface area (Å²) in [5.41, 5.74) is 3.21. The summed E-state index contributed by atoms with van der Waals surface area (Å²) in [5.74, 6) is 2.64. The van der Waals surface area contributed by atoms with Gasteiger partial charge in [-0.25, -0.2) is 9.67 Å². The number of ether oxygens (including phenoxy) is 1. The first-order valence-corrected chi connectivity index (χ1v) is 12.1. The Balaban J connectivity index is 1.14. The summed E-state index contributed by atoms with van der Waals surface area (Å²) < 4.78 is 7.53. The van der Waals surface area contributed by atoms with E-state index in [-0.39, 0.29) is 0 Å². The Morgan fingerprint density at radius 2 is 1.76 bits per heavy atom. The summed E-state index contributed by atoms with van der Waals surface area (Å²) in [5, 5.41) is 8.92. The lowest BCUT2D eigenvalue weighted by Gasteiger charge is -2.40. The number of rotatable bonds is 5. The van der Waals surface area contributed by atoms with Crippen LogP contribution in [-0.2, 0) is 10.3 Å². The lowest BCUT2D eigenvalue weighted by Crippen LogP contribution is -2.53. The molecule has 0 radical (unpaired) electrons. The van der Waals surface area contributed by atoms with Crippen LogP contribution in [0, 0.1) is 11.8 Å². The molecule has 0 aromatic carbocycles. The summed E-state index contributed by atoms with van der Waals surface area (Å²) in [7, 11) is 0. The van der Waals surface area contributed by atoms with Crippen molar-refractivity contribution in [1.29, 1.82) is 0 Å². The first kappa shape index (κ1) is 19.4. The van der Waals surface area contributed by atoms with E-state index in [1.165, 1.54) is 31.4 Å². The van der Waals surface area contributed by atoms with E-state index in [2.05, 4.69) is 37.2 Å². The van der Waals surface area contributed by atoms with Crippen molar-refractivity contribution in [2.75, 3.05) is 49.2 Å². The second kappa shape index (κ2) is 7.48. The molecule has 9 nitrogen and oxygen atoms in total. The number of anilines is 2. The molecule has 1 aliphatic carbocycles. The second-order valence-corrected chi connectivity index (χ2v) is 9.95. The number of nitrogens with zero attached hydrogens (tertiary/aromatic N) is 8. The molecule has 170 valence electrons. The van der Waals surface area contributed by atoms with Crippen LogP contribution in [0.3, 0.4) is 0 Å². The third-order valence-corrected chi connectivity index (χ3v) is 7.75. The molecular formula is C24H28N8O. The van der Waals surface area contributed by atoms with Gasteiger partial charge in [-0.05, 0) is 49.7 Å². The van der Waals surface area contributed by atoms with Crippen LogP contribution in [0.2, 0.25) is 0 Å². The first-order valence-electron chi connectivity index (χ1n) is 12.1. The molecule has 3 saturated heterocycles. The number of aromatic nitrogens is 6. The van der Waals surface area contributed by atoms with Crippen LogP contribution < -0.4 is 9.80 Å². The number of hydrogen-bond acceptors (Lipinski definition) is 8. The predicted molar refractivity (Wildman–Crippen MR) is 123 cm³/mol. The van der Waals surface area contributed by atoms with Crippen LogP contribution in [0.1, 0.15) is 31.4 Å². The maximum absolute atomic E-state index is 5.64. The van der Waals surface area contributed by atoms with Gasteiger partial charge in [-0.1, -0.05) is 5.21 Å². The minimum atomic E-state index is -0.424. The van der Waals surface area contributed by atoms with Gasteiger partial charge in [0.2, 0.25) is 0 Å². The molecule has 0 spiro atoms. The molecule has 0 N–H and O–H groups in total. The van der Waals surface area contributed by atoms with Gasteiger partial charge in [0.25, 0.3) is 0 Å². The molecule has 3 aromatic rings. The molecule has 4 aliphatic rings. The number of pyridine rings is 1. The summed E-state index contributed by atoms with van der Waals surface area (Å²) in [6, 6.07) is 4.30. The van der Waals surface area contributed by atoms with Crippen molar-refractivity contribution in [2.24, 2.45) is 11.8 Å². The van der Waals surface area contributed by atoms with Gasteiger partial charge in [-0.2, -0.15) is 0 Å². The van der Waals surface area contributed by atoms with Gasteiger partial charge in [0.1, 0.15) is 17.2 Å². The van der Waals surface area contributed by atoms with Crippen molar-refractivity contribution < 1.29 is 4.74 Å². The topological polar surface area (TPSA) is 85.1 Å². The van der Waals surface area contributed by atoms with Crippen molar-refractivity contribution in [3.63, 3.8) is 0 Å². The Morgan fingerprint density at radius 1 is 0.909 bits per heavy atom. The fourth-order valence-electron chi connectivity index (χ4n) is 5.50. The van der Waals surface area contributed by atoms with Gasteiger partial charge in [-0.15, -0.1) is 5.10 Å². The molecule has 2 unspecified atom stereocenters. The van der Waals surface area contributed by atoms with Gasteiger partial charge in [0.15, 0.2) is 5.54 Å². The predicted octanol–water partition coefficient (Wildman–Crippen LogP) is 2.35. The monoisotopic (exact) mass is 444 g/mol. The smallest absolute Gasteiger partial charge is 0.152 e. The van der Waals surface area contributed by atoms with E-state index < -0.39 is 5.54 Å². The Bertz CT molecular complexity index is 1140. The molecule has 2 atom stereocenters. The van der Waals surface area contributed by atoms with E-state index in [1.807, 2.05) is 23.3 Å². The zero-order valence-electron chi connectivity index (χ0n) is 18.7. The molecule has 0 amide bonds. The quantitative estimate of drug-likeness (QED) is 0.593. The highest BCUT2D eigenvalue weighted by Crippen LogP contribution is 2.46. The molecule has 33 heavy (non-hydrogen) atoms. The fourth-order valence-corrected chi connectivity index (χ4v) is 5.50. The van der Waals surface area contributed by atoms with Gasteiger partial charge >= 0.3 is 0 Å². The van der Waals surface area contributed by atoms with Crippen molar-refractivity contribution in [1.82, 2.24) is 29.9 Å². The van der Waals surface area contributed by atoms with Crippen LogP contribution in [0.15, 0.2) is 36.9 Å². The lowest BCUT2D eigenvalue weighted by atomic mass is 9.92. The summed E-state index contributed by atoms with van der Waals surface area (Å²) in [6.07, 6.45) is 12.8. The Morgan fingerprint density at radius 3 is 2.48 bits per heavy atom. The lowest BCUT2D eigenvalue weighted by molar-refractivity contribution is -0.0851. The Hall–Kier alpha value is -3.07. The van der Waals surface area contributed by atoms with E-state index in [0.29, 0.717) is 13.2 Å². The van der Waals surface area contributed by atoms with Gasteiger partial charge in [-0.3, -0.25) is 9.97 Å². The van der Waals surface area contributed by atoms with E-state index >= 15 is 0 Å². The Kier molecular flexibility index (Phi) is 4.40. The molecule has 3 aliphatic heterocycles. The van der Waals surface area contributed by atoms with Crippen molar-refractivity contribution in [3.8, 4) is 11.4 Å². The molecule has 6 heterocycles. The number of piperidine rings is 2. The SMILES string of the molecule is c1cc(C2(n3cc(-c4cncc(N5CC6CC6C5)n4)nn3)COC2)ncc1N1CCCCC1. The number of hydrogen-bond donors (Lipinski definition) is 0. The fraction of sp³-hybridized carbons (Fsp3) is 0.542. The van der Waals surface area contributed by atoms with Crippen LogP contribution in [0.25, 0.3) is 11.4 Å². The highest BCUT2D eigenvalue weighted by atomic mass is 16.5. The molecule has 4 fully saturated rings. The van der Waals surface area contributed by atoms with Crippen molar-refractivity contribution in [2.45, 2.75) is 31.2 Å². The maximum atomic E-state index is 5.64. The van der Waals surface area contributed by atoms with E-state index in [9.17, 15) is 0 Å². The molecule has 3 aromatic heterocycles.